The summed E-state index contributed by atoms with van der Waals surface area (Å²) < 4.78 is 2.19. The molecule has 0 spiro atoms. The molecule has 1 amide bonds. The van der Waals surface area contributed by atoms with Crippen molar-refractivity contribution in [1.82, 2.24) is 14.5 Å². The normalized spacial score (nSPS) is 18.5. The van der Waals surface area contributed by atoms with Crippen molar-refractivity contribution in [3.63, 3.8) is 0 Å². The van der Waals surface area contributed by atoms with Gasteiger partial charge in [0.15, 0.2) is 0 Å². The Hall–Kier alpha value is -3.12. The number of rotatable bonds is 6. The Morgan fingerprint density at radius 3 is 2.68 bits per heavy atom. The van der Waals surface area contributed by atoms with Crippen LogP contribution in [0.4, 0.5) is 5.69 Å². The molecule has 34 heavy (non-hydrogen) atoms. The minimum Gasteiger partial charge on any atom is -0.393 e. The fourth-order valence-corrected chi connectivity index (χ4v) is 5.48. The first kappa shape index (κ1) is 22.7. The lowest BCUT2D eigenvalue weighted by atomic mass is 9.86. The SMILES string of the molecule is Cc1ccc(N(C)CC(=O)N2CCC(C(O)CC3c4ccccc4-c4cncn43)CC2)cc1C. The summed E-state index contributed by atoms with van der Waals surface area (Å²) in [5, 5.41) is 11.1. The van der Waals surface area contributed by atoms with Gasteiger partial charge < -0.3 is 19.5 Å². The van der Waals surface area contributed by atoms with Crippen molar-refractivity contribution in [1.29, 1.82) is 0 Å². The predicted octanol–water partition coefficient (Wildman–Crippen LogP) is 4.20. The summed E-state index contributed by atoms with van der Waals surface area (Å²) in [6.45, 7) is 5.99. The number of piperidine rings is 1. The third-order valence-electron chi connectivity index (χ3n) is 7.80. The van der Waals surface area contributed by atoms with E-state index in [-0.39, 0.29) is 17.9 Å². The molecule has 2 aliphatic rings. The number of carbonyl (C=O) groups excluding carboxylic acids is 1. The Morgan fingerprint density at radius 2 is 1.91 bits per heavy atom. The molecule has 0 bridgehead atoms. The highest BCUT2D eigenvalue weighted by Crippen LogP contribution is 2.42. The van der Waals surface area contributed by atoms with Crippen LogP contribution in [0.15, 0.2) is 55.0 Å². The smallest absolute Gasteiger partial charge is 0.242 e. The second kappa shape index (κ2) is 9.26. The van der Waals surface area contributed by atoms with Crippen molar-refractivity contribution in [2.24, 2.45) is 5.92 Å². The van der Waals surface area contributed by atoms with Crippen LogP contribution in [0.3, 0.4) is 0 Å². The first-order valence-electron chi connectivity index (χ1n) is 12.3. The van der Waals surface area contributed by atoms with Gasteiger partial charge in [0.05, 0.1) is 36.9 Å². The zero-order chi connectivity index (χ0) is 23.8. The molecule has 2 aromatic carbocycles. The number of hydrogen-bond donors (Lipinski definition) is 1. The third-order valence-corrected chi connectivity index (χ3v) is 7.80. The topological polar surface area (TPSA) is 61.6 Å². The Labute approximate surface area is 201 Å². The minimum absolute atomic E-state index is 0.120. The van der Waals surface area contributed by atoms with Gasteiger partial charge >= 0.3 is 0 Å². The third kappa shape index (κ3) is 4.23. The lowest BCUT2D eigenvalue weighted by molar-refractivity contribution is -0.131. The number of nitrogens with zero attached hydrogens (tertiary/aromatic N) is 4. The fourth-order valence-electron chi connectivity index (χ4n) is 5.48. The van der Waals surface area contributed by atoms with Crippen molar-refractivity contribution >= 4 is 11.6 Å². The number of likely N-dealkylation sites (tertiary alicyclic amines) is 1. The van der Waals surface area contributed by atoms with Gasteiger partial charge in [0.1, 0.15) is 0 Å². The molecule has 178 valence electrons. The molecule has 1 saturated heterocycles. The van der Waals surface area contributed by atoms with Gasteiger partial charge in [0, 0.05) is 31.4 Å². The molecular weight excluding hydrogens is 424 g/mol. The van der Waals surface area contributed by atoms with Gasteiger partial charge in [0.25, 0.3) is 0 Å². The van der Waals surface area contributed by atoms with Crippen molar-refractivity contribution < 1.29 is 9.90 Å². The lowest BCUT2D eigenvalue weighted by Crippen LogP contribution is -2.45. The number of aliphatic hydroxyl groups is 1. The summed E-state index contributed by atoms with van der Waals surface area (Å²) >= 11 is 0. The second-order valence-electron chi connectivity index (χ2n) is 9.94. The van der Waals surface area contributed by atoms with Crippen molar-refractivity contribution in [2.45, 2.75) is 45.3 Å². The number of amides is 1. The molecule has 6 heteroatoms. The molecular formula is C28H34N4O2. The highest BCUT2D eigenvalue weighted by atomic mass is 16.3. The number of benzene rings is 2. The summed E-state index contributed by atoms with van der Waals surface area (Å²) in [5.41, 5.74) is 7.17. The summed E-state index contributed by atoms with van der Waals surface area (Å²) in [6, 6.07) is 14.9. The lowest BCUT2D eigenvalue weighted by Gasteiger charge is -2.36. The Bertz CT molecular complexity index is 1180. The monoisotopic (exact) mass is 458 g/mol. The molecule has 2 atom stereocenters. The van der Waals surface area contributed by atoms with Crippen LogP contribution in [0.5, 0.6) is 0 Å². The number of likely N-dealkylation sites (N-methyl/N-ethyl adjacent to an activating group) is 1. The summed E-state index contributed by atoms with van der Waals surface area (Å²) in [7, 11) is 1.97. The van der Waals surface area contributed by atoms with Crippen LogP contribution in [0.25, 0.3) is 11.3 Å². The van der Waals surface area contributed by atoms with Gasteiger partial charge in [-0.1, -0.05) is 30.3 Å². The van der Waals surface area contributed by atoms with Crippen molar-refractivity contribution in [3.8, 4) is 11.3 Å². The van der Waals surface area contributed by atoms with Gasteiger partial charge in [-0.05, 0) is 67.9 Å². The minimum atomic E-state index is -0.401. The van der Waals surface area contributed by atoms with Crippen LogP contribution in [-0.4, -0.2) is 58.3 Å². The highest BCUT2D eigenvalue weighted by Gasteiger charge is 2.34. The van der Waals surface area contributed by atoms with Gasteiger partial charge in [-0.3, -0.25) is 4.79 Å². The number of anilines is 1. The number of fused-ring (bicyclic) bond motifs is 3. The quantitative estimate of drug-likeness (QED) is 0.602. The van der Waals surface area contributed by atoms with Crippen molar-refractivity contribution in [3.05, 3.63) is 71.7 Å². The number of aliphatic hydroxyl groups excluding tert-OH is 1. The zero-order valence-electron chi connectivity index (χ0n) is 20.3. The number of carbonyl (C=O) groups is 1. The van der Waals surface area contributed by atoms with E-state index in [1.54, 1.807) is 0 Å². The van der Waals surface area contributed by atoms with E-state index in [0.29, 0.717) is 26.1 Å². The summed E-state index contributed by atoms with van der Waals surface area (Å²) in [5.74, 6) is 0.364. The molecule has 1 fully saturated rings. The molecule has 2 unspecified atom stereocenters. The molecule has 1 aromatic heterocycles. The van der Waals surface area contributed by atoms with Crippen LogP contribution in [-0.2, 0) is 4.79 Å². The van der Waals surface area contributed by atoms with Crippen LogP contribution in [0, 0.1) is 19.8 Å². The molecule has 3 heterocycles. The Balaban J connectivity index is 1.16. The van der Waals surface area contributed by atoms with E-state index in [9.17, 15) is 9.90 Å². The van der Waals surface area contributed by atoms with Gasteiger partial charge in [-0.15, -0.1) is 0 Å². The van der Waals surface area contributed by atoms with Crippen LogP contribution in [0.1, 0.15) is 42.0 Å². The number of imidazole rings is 1. The highest BCUT2D eigenvalue weighted by molar-refractivity contribution is 5.81. The number of aromatic nitrogens is 2. The first-order valence-corrected chi connectivity index (χ1v) is 12.3. The molecule has 0 saturated carbocycles. The maximum absolute atomic E-state index is 12.9. The van der Waals surface area contributed by atoms with Crippen molar-refractivity contribution in [2.75, 3.05) is 31.6 Å². The Morgan fingerprint density at radius 1 is 1.15 bits per heavy atom. The van der Waals surface area contributed by atoms with E-state index in [2.05, 4.69) is 65.9 Å². The fraction of sp³-hybridized carbons (Fsp3) is 0.429. The molecule has 2 aliphatic heterocycles. The van der Waals surface area contributed by atoms with Gasteiger partial charge in [-0.25, -0.2) is 4.98 Å². The first-order chi connectivity index (χ1) is 16.4. The molecule has 0 aliphatic carbocycles. The second-order valence-corrected chi connectivity index (χ2v) is 9.94. The van der Waals surface area contributed by atoms with E-state index >= 15 is 0 Å². The maximum atomic E-state index is 12.9. The van der Waals surface area contributed by atoms with E-state index in [0.717, 1.165) is 24.2 Å². The van der Waals surface area contributed by atoms with Gasteiger partial charge in [-0.2, -0.15) is 0 Å². The van der Waals surface area contributed by atoms with E-state index in [1.807, 2.05) is 29.4 Å². The average molecular weight is 459 g/mol. The number of hydrogen-bond acceptors (Lipinski definition) is 4. The summed E-state index contributed by atoms with van der Waals surface area (Å²) in [6.07, 6.45) is 5.73. The predicted molar refractivity (Wildman–Crippen MR) is 135 cm³/mol. The van der Waals surface area contributed by atoms with Gasteiger partial charge in [0.2, 0.25) is 5.91 Å². The van der Waals surface area contributed by atoms with Crippen LogP contribution < -0.4 is 4.90 Å². The van der Waals surface area contributed by atoms with E-state index < -0.39 is 6.10 Å². The van der Waals surface area contributed by atoms with Crippen LogP contribution >= 0.6 is 0 Å². The van der Waals surface area contributed by atoms with Crippen LogP contribution in [0.2, 0.25) is 0 Å². The zero-order valence-corrected chi connectivity index (χ0v) is 20.3. The largest absolute Gasteiger partial charge is 0.393 e. The molecule has 0 radical (unpaired) electrons. The van der Waals surface area contributed by atoms with E-state index in [4.69, 9.17) is 0 Å². The van der Waals surface area contributed by atoms with E-state index in [1.165, 1.54) is 22.3 Å². The summed E-state index contributed by atoms with van der Waals surface area (Å²) in [4.78, 5) is 21.3. The molecule has 6 nitrogen and oxygen atoms in total. The molecule has 1 N–H and O–H groups in total. The standard InChI is InChI=1S/C28H34N4O2/c1-19-8-9-22(14-20(19)2)30(3)17-28(34)31-12-10-21(11-13-31)27(33)15-25-23-6-4-5-7-24(23)26-16-29-18-32(25)26/h4-9,14,16,18,21,25,27,33H,10-13,15,17H2,1-3H3. The molecule has 3 aromatic rings. The maximum Gasteiger partial charge on any atom is 0.242 e. The average Bonchev–Trinajstić information content (AvgIpc) is 3.43. The molecule has 5 rings (SSSR count). The number of aryl methyl sites for hydroxylation is 2. The Kier molecular flexibility index (Phi) is 6.17.